The monoisotopic (exact) mass is 443 g/mol. The minimum Gasteiger partial charge on any atom is -0.480 e. The summed E-state index contributed by atoms with van der Waals surface area (Å²) in [6.07, 6.45) is 0.996. The molecule has 10 N–H and O–H groups in total. The molecule has 0 spiro atoms. The number of rotatable bonds is 14. The first-order chi connectivity index (χ1) is 14.3. The summed E-state index contributed by atoms with van der Waals surface area (Å²) in [7, 11) is 0. The molecule has 0 bridgehead atoms. The Morgan fingerprint density at radius 3 is 2.10 bits per heavy atom. The van der Waals surface area contributed by atoms with Crippen molar-refractivity contribution in [2.75, 3.05) is 13.1 Å². The van der Waals surface area contributed by atoms with Crippen molar-refractivity contribution in [2.45, 2.75) is 65.1 Å². The Labute approximate surface area is 182 Å². The molecule has 0 aliphatic rings. The Balaban J connectivity index is 5.01. The molecule has 12 heteroatoms. The van der Waals surface area contributed by atoms with Crippen LogP contribution in [0.4, 0.5) is 0 Å². The molecule has 0 aromatic heterocycles. The van der Waals surface area contributed by atoms with Crippen molar-refractivity contribution in [2.24, 2.45) is 34.0 Å². The lowest BCUT2D eigenvalue weighted by atomic mass is 10.0. The van der Waals surface area contributed by atoms with Crippen LogP contribution in [0.1, 0.15) is 47.0 Å². The van der Waals surface area contributed by atoms with Gasteiger partial charge in [0.25, 0.3) is 0 Å². The first-order valence-electron chi connectivity index (χ1n) is 10.3. The third kappa shape index (κ3) is 12.4. The van der Waals surface area contributed by atoms with E-state index in [0.29, 0.717) is 12.8 Å². The zero-order chi connectivity index (χ0) is 24.1. The summed E-state index contributed by atoms with van der Waals surface area (Å²) in [5.41, 5.74) is 16.3. The first kappa shape index (κ1) is 28.1. The molecule has 12 nitrogen and oxygen atoms in total. The number of nitrogens with one attached hydrogen (secondary N) is 3. The number of carbonyl (C=O) groups excluding carboxylic acids is 3. The molecule has 0 heterocycles. The van der Waals surface area contributed by atoms with E-state index in [4.69, 9.17) is 17.2 Å². The lowest BCUT2D eigenvalue weighted by molar-refractivity contribution is -0.143. The van der Waals surface area contributed by atoms with E-state index < -0.39 is 41.8 Å². The minimum absolute atomic E-state index is 0.101. The number of aliphatic carboxylic acids is 1. The SMILES string of the molecule is CC(C)CC(N)C(=O)NCC(=O)NC(CCCN=C(N)N)C(=O)NC(C(=O)O)C(C)C. The van der Waals surface area contributed by atoms with E-state index in [1.807, 2.05) is 13.8 Å². The second-order valence-corrected chi connectivity index (χ2v) is 8.09. The summed E-state index contributed by atoms with van der Waals surface area (Å²) < 4.78 is 0. The van der Waals surface area contributed by atoms with Gasteiger partial charge in [0.1, 0.15) is 12.1 Å². The molecule has 3 unspecified atom stereocenters. The molecule has 178 valence electrons. The van der Waals surface area contributed by atoms with Crippen LogP contribution in [0.15, 0.2) is 4.99 Å². The molecule has 0 saturated carbocycles. The Bertz CT molecular complexity index is 648. The van der Waals surface area contributed by atoms with E-state index in [2.05, 4.69) is 20.9 Å². The molecule has 3 atom stereocenters. The number of amides is 3. The van der Waals surface area contributed by atoms with E-state index in [1.165, 1.54) is 0 Å². The van der Waals surface area contributed by atoms with Crippen LogP contribution in [-0.2, 0) is 19.2 Å². The number of nitrogens with zero attached hydrogens (tertiary/aromatic N) is 1. The number of aliphatic imine (C=N–C) groups is 1. The summed E-state index contributed by atoms with van der Waals surface area (Å²) in [6.45, 7) is 7.02. The Morgan fingerprint density at radius 2 is 1.61 bits per heavy atom. The third-order valence-corrected chi connectivity index (χ3v) is 4.31. The molecule has 0 rings (SSSR count). The van der Waals surface area contributed by atoms with Gasteiger partial charge in [-0.1, -0.05) is 27.7 Å². The van der Waals surface area contributed by atoms with Gasteiger partial charge in [-0.3, -0.25) is 19.4 Å². The molecule has 0 fully saturated rings. The fraction of sp³-hybridized carbons (Fsp3) is 0.737. The van der Waals surface area contributed by atoms with E-state index in [0.717, 1.165) is 0 Å². The van der Waals surface area contributed by atoms with E-state index in [9.17, 15) is 24.3 Å². The summed E-state index contributed by atoms with van der Waals surface area (Å²) in [5.74, 6) is -3.15. The molecule has 0 aliphatic carbocycles. The molecule has 0 aliphatic heterocycles. The second kappa shape index (κ2) is 14.2. The number of carbonyl (C=O) groups is 4. The Kier molecular flexibility index (Phi) is 12.9. The fourth-order valence-corrected chi connectivity index (χ4v) is 2.70. The summed E-state index contributed by atoms with van der Waals surface area (Å²) in [4.78, 5) is 52.0. The zero-order valence-electron chi connectivity index (χ0n) is 18.7. The average molecular weight is 444 g/mol. The van der Waals surface area contributed by atoms with Gasteiger partial charge >= 0.3 is 5.97 Å². The number of hydrogen-bond donors (Lipinski definition) is 7. The average Bonchev–Trinajstić information content (AvgIpc) is 2.64. The molecule has 0 saturated heterocycles. The van der Waals surface area contributed by atoms with Crippen molar-refractivity contribution < 1.29 is 24.3 Å². The molecule has 0 aromatic rings. The van der Waals surface area contributed by atoms with Gasteiger partial charge in [-0.25, -0.2) is 4.79 Å². The van der Waals surface area contributed by atoms with Crippen molar-refractivity contribution in [3.63, 3.8) is 0 Å². The lowest BCUT2D eigenvalue weighted by Gasteiger charge is -2.23. The van der Waals surface area contributed by atoms with Crippen LogP contribution < -0.4 is 33.2 Å². The van der Waals surface area contributed by atoms with Gasteiger partial charge < -0.3 is 38.3 Å². The van der Waals surface area contributed by atoms with Crippen LogP contribution >= 0.6 is 0 Å². The van der Waals surface area contributed by atoms with Crippen LogP contribution in [0.2, 0.25) is 0 Å². The van der Waals surface area contributed by atoms with Crippen molar-refractivity contribution in [1.29, 1.82) is 0 Å². The summed E-state index contributed by atoms with van der Waals surface area (Å²) >= 11 is 0. The normalized spacial score (nSPS) is 13.8. The van der Waals surface area contributed by atoms with Gasteiger partial charge in [0.15, 0.2) is 5.96 Å². The van der Waals surface area contributed by atoms with E-state index in [1.54, 1.807) is 13.8 Å². The summed E-state index contributed by atoms with van der Waals surface area (Å²) in [5, 5.41) is 16.7. The quantitative estimate of drug-likeness (QED) is 0.0924. The Hall–Kier alpha value is -2.89. The van der Waals surface area contributed by atoms with Crippen LogP contribution in [0.5, 0.6) is 0 Å². The maximum atomic E-state index is 12.6. The fourth-order valence-electron chi connectivity index (χ4n) is 2.70. The molecular formula is C19H37N7O5. The maximum Gasteiger partial charge on any atom is 0.326 e. The number of carboxylic acids is 1. The summed E-state index contributed by atoms with van der Waals surface area (Å²) in [6, 6.07) is -2.88. The number of hydrogen-bond acceptors (Lipinski definition) is 6. The Morgan fingerprint density at radius 1 is 1.00 bits per heavy atom. The predicted octanol–water partition coefficient (Wildman–Crippen LogP) is -1.76. The standard InChI is InChI=1S/C19H37N7O5/c1-10(2)8-12(20)16(28)24-9-14(27)25-13(6-5-7-23-19(21)22)17(29)26-15(11(3)4)18(30)31/h10-13,15H,5-9,20H2,1-4H3,(H,24,28)(H,25,27)(H,26,29)(H,30,31)(H4,21,22,23). The van der Waals surface area contributed by atoms with Gasteiger partial charge in [-0.15, -0.1) is 0 Å². The van der Waals surface area contributed by atoms with Gasteiger partial charge in [0, 0.05) is 6.54 Å². The van der Waals surface area contributed by atoms with Crippen LogP contribution in [0.25, 0.3) is 0 Å². The number of nitrogens with two attached hydrogens (primary N) is 3. The first-order valence-corrected chi connectivity index (χ1v) is 10.3. The molecular weight excluding hydrogens is 406 g/mol. The van der Waals surface area contributed by atoms with Crippen LogP contribution in [0, 0.1) is 11.8 Å². The highest BCUT2D eigenvalue weighted by Crippen LogP contribution is 2.05. The van der Waals surface area contributed by atoms with Gasteiger partial charge in [-0.2, -0.15) is 0 Å². The van der Waals surface area contributed by atoms with Gasteiger partial charge in [0.05, 0.1) is 12.6 Å². The molecule has 31 heavy (non-hydrogen) atoms. The van der Waals surface area contributed by atoms with Crippen LogP contribution in [0.3, 0.4) is 0 Å². The number of guanidine groups is 1. The highest BCUT2D eigenvalue weighted by atomic mass is 16.4. The maximum absolute atomic E-state index is 12.6. The molecule has 3 amide bonds. The van der Waals surface area contributed by atoms with Gasteiger partial charge in [0.2, 0.25) is 17.7 Å². The van der Waals surface area contributed by atoms with Crippen molar-refractivity contribution in [3.05, 3.63) is 0 Å². The van der Waals surface area contributed by atoms with Crippen molar-refractivity contribution in [1.82, 2.24) is 16.0 Å². The topological polar surface area (TPSA) is 215 Å². The minimum atomic E-state index is -1.18. The predicted molar refractivity (Wildman–Crippen MR) is 117 cm³/mol. The van der Waals surface area contributed by atoms with E-state index >= 15 is 0 Å². The lowest BCUT2D eigenvalue weighted by Crippen LogP contribution is -2.54. The highest BCUT2D eigenvalue weighted by molar-refractivity contribution is 5.92. The highest BCUT2D eigenvalue weighted by Gasteiger charge is 2.28. The van der Waals surface area contributed by atoms with Crippen molar-refractivity contribution >= 4 is 29.7 Å². The third-order valence-electron chi connectivity index (χ3n) is 4.31. The van der Waals surface area contributed by atoms with Crippen LogP contribution in [-0.4, -0.2) is 66.0 Å². The second-order valence-electron chi connectivity index (χ2n) is 8.09. The van der Waals surface area contributed by atoms with Crippen molar-refractivity contribution in [3.8, 4) is 0 Å². The van der Waals surface area contributed by atoms with E-state index in [-0.39, 0.29) is 37.3 Å². The van der Waals surface area contributed by atoms with Gasteiger partial charge in [-0.05, 0) is 31.1 Å². The number of carboxylic acid groups (broad SMARTS) is 1. The molecule has 0 aromatic carbocycles. The largest absolute Gasteiger partial charge is 0.480 e. The smallest absolute Gasteiger partial charge is 0.326 e. The molecule has 0 radical (unpaired) electrons. The zero-order valence-corrected chi connectivity index (χ0v) is 18.7.